The third-order valence-electron chi connectivity index (χ3n) is 4.18. The van der Waals surface area contributed by atoms with Gasteiger partial charge in [-0.15, -0.1) is 0 Å². The topological polar surface area (TPSA) is 20.2 Å². The fourth-order valence-electron chi connectivity index (χ4n) is 2.91. The Hall–Kier alpha value is -0.980. The Morgan fingerprint density at radius 1 is 1.11 bits per heavy atom. The molecule has 0 saturated heterocycles. The molecule has 1 aliphatic carbocycles. The quantitative estimate of drug-likeness (QED) is 0.793. The molecule has 1 N–H and O–H groups in total. The van der Waals surface area contributed by atoms with Crippen LogP contribution in [-0.4, -0.2) is 5.11 Å². The van der Waals surface area contributed by atoms with Crippen molar-refractivity contribution in [2.75, 3.05) is 0 Å². The fourth-order valence-corrected chi connectivity index (χ4v) is 2.91. The monoisotopic (exact) mass is 246 g/mol. The van der Waals surface area contributed by atoms with Gasteiger partial charge in [-0.25, -0.2) is 0 Å². The molecule has 2 rings (SSSR count). The number of benzene rings is 1. The number of phenolic OH excluding ortho intramolecular Hbond substituents is 1. The highest BCUT2D eigenvalue weighted by Gasteiger charge is 2.18. The van der Waals surface area contributed by atoms with Crippen LogP contribution in [0, 0.1) is 5.92 Å². The zero-order valence-electron chi connectivity index (χ0n) is 12.0. The average Bonchev–Trinajstić information content (AvgIpc) is 2.32. The van der Waals surface area contributed by atoms with Gasteiger partial charge in [0.1, 0.15) is 5.75 Å². The van der Waals surface area contributed by atoms with E-state index in [1.54, 1.807) is 0 Å². The lowest BCUT2D eigenvalue weighted by Crippen LogP contribution is -2.12. The second-order valence-electron chi connectivity index (χ2n) is 6.80. The maximum atomic E-state index is 10.2. The van der Waals surface area contributed by atoms with Crippen LogP contribution in [0.4, 0.5) is 0 Å². The van der Waals surface area contributed by atoms with Crippen LogP contribution >= 0.6 is 0 Å². The van der Waals surface area contributed by atoms with E-state index < -0.39 is 0 Å². The Balaban J connectivity index is 2.09. The summed E-state index contributed by atoms with van der Waals surface area (Å²) in [7, 11) is 0. The van der Waals surface area contributed by atoms with Crippen LogP contribution in [-0.2, 0) is 11.8 Å². The molecule has 18 heavy (non-hydrogen) atoms. The third kappa shape index (κ3) is 3.28. The molecule has 1 nitrogen and oxygen atoms in total. The Bertz CT molecular complexity index is 395. The van der Waals surface area contributed by atoms with Gasteiger partial charge in [-0.3, -0.25) is 0 Å². The molecule has 0 aliphatic heterocycles. The van der Waals surface area contributed by atoms with Crippen molar-refractivity contribution < 1.29 is 5.11 Å². The van der Waals surface area contributed by atoms with Crippen molar-refractivity contribution in [1.82, 2.24) is 0 Å². The Morgan fingerprint density at radius 2 is 1.78 bits per heavy atom. The zero-order valence-corrected chi connectivity index (χ0v) is 12.0. The lowest BCUT2D eigenvalue weighted by atomic mass is 9.82. The van der Waals surface area contributed by atoms with E-state index in [1.165, 1.54) is 37.7 Å². The van der Waals surface area contributed by atoms with Gasteiger partial charge in [-0.05, 0) is 34.9 Å². The van der Waals surface area contributed by atoms with E-state index in [0.717, 1.165) is 17.9 Å². The fraction of sp³-hybridized carbons (Fsp3) is 0.647. The molecule has 1 fully saturated rings. The second kappa shape index (κ2) is 5.34. The molecule has 0 unspecified atom stereocenters. The highest BCUT2D eigenvalue weighted by molar-refractivity contribution is 5.39. The summed E-state index contributed by atoms with van der Waals surface area (Å²) in [6.07, 6.45) is 7.85. The Morgan fingerprint density at radius 3 is 2.33 bits per heavy atom. The Labute approximate surface area is 111 Å². The van der Waals surface area contributed by atoms with Crippen molar-refractivity contribution in [3.05, 3.63) is 29.3 Å². The summed E-state index contributed by atoms with van der Waals surface area (Å²) in [4.78, 5) is 0. The van der Waals surface area contributed by atoms with Gasteiger partial charge in [0.15, 0.2) is 0 Å². The highest BCUT2D eigenvalue weighted by Crippen LogP contribution is 2.32. The van der Waals surface area contributed by atoms with Crippen LogP contribution in [0.2, 0.25) is 0 Å². The van der Waals surface area contributed by atoms with Crippen molar-refractivity contribution in [2.24, 2.45) is 5.92 Å². The maximum absolute atomic E-state index is 10.2. The lowest BCUT2D eigenvalue weighted by Gasteiger charge is -2.23. The molecule has 0 spiro atoms. The molecule has 0 bridgehead atoms. The first-order chi connectivity index (χ1) is 8.47. The minimum atomic E-state index is 0.112. The molecule has 0 aromatic heterocycles. The summed E-state index contributed by atoms with van der Waals surface area (Å²) in [6, 6.07) is 6.26. The number of phenols is 1. The van der Waals surface area contributed by atoms with Gasteiger partial charge in [0.05, 0.1) is 0 Å². The van der Waals surface area contributed by atoms with Gasteiger partial charge in [0, 0.05) is 0 Å². The third-order valence-corrected chi connectivity index (χ3v) is 4.18. The number of rotatable bonds is 2. The van der Waals surface area contributed by atoms with Crippen LogP contribution in [0.15, 0.2) is 18.2 Å². The van der Waals surface area contributed by atoms with E-state index in [9.17, 15) is 5.11 Å². The summed E-state index contributed by atoms with van der Waals surface area (Å²) >= 11 is 0. The summed E-state index contributed by atoms with van der Waals surface area (Å²) in [5, 5.41) is 10.2. The summed E-state index contributed by atoms with van der Waals surface area (Å²) in [6.45, 7) is 6.55. The van der Waals surface area contributed by atoms with Crippen LogP contribution < -0.4 is 0 Å². The first-order valence-corrected chi connectivity index (χ1v) is 7.29. The molecule has 1 aliphatic rings. The zero-order chi connectivity index (χ0) is 13.2. The van der Waals surface area contributed by atoms with Gasteiger partial charge in [-0.2, -0.15) is 0 Å². The summed E-state index contributed by atoms with van der Waals surface area (Å²) in [5.74, 6) is 1.28. The number of hydrogen-bond acceptors (Lipinski definition) is 1. The van der Waals surface area contributed by atoms with E-state index >= 15 is 0 Å². The highest BCUT2D eigenvalue weighted by atomic mass is 16.3. The van der Waals surface area contributed by atoms with Gasteiger partial charge in [0.2, 0.25) is 0 Å². The van der Waals surface area contributed by atoms with E-state index in [4.69, 9.17) is 0 Å². The van der Waals surface area contributed by atoms with Crippen LogP contribution in [0.5, 0.6) is 5.75 Å². The predicted molar refractivity (Wildman–Crippen MR) is 77.1 cm³/mol. The smallest absolute Gasteiger partial charge is 0.119 e. The van der Waals surface area contributed by atoms with Gasteiger partial charge in [-0.1, -0.05) is 65.0 Å². The first-order valence-electron chi connectivity index (χ1n) is 7.29. The normalized spacial score (nSPS) is 17.9. The summed E-state index contributed by atoms with van der Waals surface area (Å²) < 4.78 is 0. The SMILES string of the molecule is CC(C)(C)c1ccc(CC2CCCCC2)c(O)c1. The van der Waals surface area contributed by atoms with Crippen molar-refractivity contribution in [3.8, 4) is 5.75 Å². The standard InChI is InChI=1S/C17H26O/c1-17(2,3)15-10-9-14(16(18)12-15)11-13-7-5-4-6-8-13/h9-10,12-13,18H,4-8,11H2,1-3H3. The Kier molecular flexibility index (Phi) is 3.99. The van der Waals surface area contributed by atoms with Crippen molar-refractivity contribution >= 4 is 0 Å². The molecule has 100 valence electrons. The van der Waals surface area contributed by atoms with Crippen LogP contribution in [0.3, 0.4) is 0 Å². The second-order valence-corrected chi connectivity index (χ2v) is 6.80. The molecule has 0 radical (unpaired) electrons. The van der Waals surface area contributed by atoms with E-state index in [2.05, 4.69) is 32.9 Å². The number of aromatic hydroxyl groups is 1. The van der Waals surface area contributed by atoms with Gasteiger partial charge in [0.25, 0.3) is 0 Å². The van der Waals surface area contributed by atoms with E-state index in [0.29, 0.717) is 5.75 Å². The van der Waals surface area contributed by atoms with Gasteiger partial charge < -0.3 is 5.11 Å². The van der Waals surface area contributed by atoms with Crippen LogP contribution in [0.25, 0.3) is 0 Å². The number of hydrogen-bond donors (Lipinski definition) is 1. The van der Waals surface area contributed by atoms with E-state index in [-0.39, 0.29) is 5.41 Å². The maximum Gasteiger partial charge on any atom is 0.119 e. The van der Waals surface area contributed by atoms with Crippen LogP contribution in [0.1, 0.15) is 64.0 Å². The minimum absolute atomic E-state index is 0.112. The minimum Gasteiger partial charge on any atom is -0.508 e. The van der Waals surface area contributed by atoms with Gasteiger partial charge >= 0.3 is 0 Å². The average molecular weight is 246 g/mol. The molecule has 0 amide bonds. The molecule has 0 heterocycles. The van der Waals surface area contributed by atoms with Crippen molar-refractivity contribution in [1.29, 1.82) is 0 Å². The molecule has 0 atom stereocenters. The molecule has 1 saturated carbocycles. The molecular weight excluding hydrogens is 220 g/mol. The molecule has 1 heteroatoms. The largest absolute Gasteiger partial charge is 0.508 e. The molecule has 1 aromatic rings. The van der Waals surface area contributed by atoms with Crippen molar-refractivity contribution in [2.45, 2.75) is 64.7 Å². The van der Waals surface area contributed by atoms with Crippen molar-refractivity contribution in [3.63, 3.8) is 0 Å². The predicted octanol–water partition coefficient (Wildman–Crippen LogP) is 4.81. The summed E-state index contributed by atoms with van der Waals surface area (Å²) in [5.41, 5.74) is 2.46. The lowest BCUT2D eigenvalue weighted by molar-refractivity contribution is 0.351. The van der Waals surface area contributed by atoms with E-state index in [1.807, 2.05) is 6.07 Å². The molecule has 1 aromatic carbocycles. The molecular formula is C17H26O. The first kappa shape index (κ1) is 13.5.